The summed E-state index contributed by atoms with van der Waals surface area (Å²) < 4.78 is 1.86. The molecule has 1 unspecified atom stereocenters. The zero-order valence-electron chi connectivity index (χ0n) is 16.1. The molecule has 4 rings (SSSR count). The molecule has 144 valence electrons. The van der Waals surface area contributed by atoms with E-state index >= 15 is 0 Å². The van der Waals surface area contributed by atoms with Crippen molar-refractivity contribution in [2.24, 2.45) is 0 Å². The second kappa shape index (κ2) is 8.33. The number of hydrogen-bond acceptors (Lipinski definition) is 4. The number of nitrogens with one attached hydrogen (secondary N) is 1. The van der Waals surface area contributed by atoms with Crippen molar-refractivity contribution in [1.29, 1.82) is 0 Å². The fourth-order valence-electron chi connectivity index (χ4n) is 3.92. The number of pyridine rings is 1. The molecule has 0 bridgehead atoms. The van der Waals surface area contributed by atoms with E-state index in [0.717, 1.165) is 29.5 Å². The first-order valence-corrected chi connectivity index (χ1v) is 9.90. The number of nitrogens with zero attached hydrogens (tertiary/aromatic N) is 4. The summed E-state index contributed by atoms with van der Waals surface area (Å²) in [6.07, 6.45) is 11.2. The van der Waals surface area contributed by atoms with Gasteiger partial charge in [0.25, 0.3) is 5.91 Å². The first-order chi connectivity index (χ1) is 13.7. The summed E-state index contributed by atoms with van der Waals surface area (Å²) in [5, 5.41) is 11.5. The second-order valence-electron chi connectivity index (χ2n) is 7.42. The van der Waals surface area contributed by atoms with E-state index in [9.17, 15) is 4.79 Å². The van der Waals surface area contributed by atoms with Gasteiger partial charge < -0.3 is 5.32 Å². The van der Waals surface area contributed by atoms with E-state index < -0.39 is 0 Å². The van der Waals surface area contributed by atoms with Gasteiger partial charge >= 0.3 is 0 Å². The highest BCUT2D eigenvalue weighted by atomic mass is 16.2. The zero-order valence-corrected chi connectivity index (χ0v) is 16.1. The number of aromatic nitrogens is 4. The summed E-state index contributed by atoms with van der Waals surface area (Å²) >= 11 is 0. The van der Waals surface area contributed by atoms with E-state index in [1.54, 1.807) is 18.6 Å². The van der Waals surface area contributed by atoms with E-state index in [1.807, 2.05) is 35.0 Å². The lowest BCUT2D eigenvalue weighted by Crippen LogP contribution is -2.30. The molecule has 6 nitrogen and oxygen atoms in total. The van der Waals surface area contributed by atoms with Crippen LogP contribution in [0.15, 0.2) is 55.0 Å². The number of rotatable bonds is 5. The number of carbonyl (C=O) groups excluding carboxylic acids is 1. The standard InChI is InChI=1S/C22H25N5O/c1-16-7-5-6-10-19(16)21(17-11-13-23-14-12-17)24-22(28)20-15-27(26-25-20)18-8-3-2-4-9-18/h5-7,10-15,18,21H,2-4,8-9H2,1H3,(H,24,28). The van der Waals surface area contributed by atoms with E-state index in [0.29, 0.717) is 11.7 Å². The normalized spacial score (nSPS) is 15.9. The fourth-order valence-corrected chi connectivity index (χ4v) is 3.92. The highest BCUT2D eigenvalue weighted by molar-refractivity contribution is 5.92. The Morgan fingerprint density at radius 3 is 2.61 bits per heavy atom. The first kappa shape index (κ1) is 18.3. The molecule has 0 spiro atoms. The van der Waals surface area contributed by atoms with E-state index in [4.69, 9.17) is 0 Å². The van der Waals surface area contributed by atoms with E-state index in [-0.39, 0.29) is 11.9 Å². The molecule has 3 aromatic rings. The van der Waals surface area contributed by atoms with Gasteiger partial charge in [0.05, 0.1) is 18.3 Å². The van der Waals surface area contributed by atoms with Gasteiger partial charge in [0.15, 0.2) is 5.69 Å². The average molecular weight is 375 g/mol. The van der Waals surface area contributed by atoms with Crippen LogP contribution in [0.3, 0.4) is 0 Å². The maximum atomic E-state index is 13.0. The number of carbonyl (C=O) groups is 1. The van der Waals surface area contributed by atoms with Gasteiger partial charge in [0.2, 0.25) is 0 Å². The molecule has 0 saturated heterocycles. The van der Waals surface area contributed by atoms with Crippen molar-refractivity contribution >= 4 is 5.91 Å². The lowest BCUT2D eigenvalue weighted by atomic mass is 9.95. The van der Waals surface area contributed by atoms with Gasteiger partial charge in [-0.2, -0.15) is 0 Å². The molecule has 2 heterocycles. The fraction of sp³-hybridized carbons (Fsp3) is 0.364. The minimum atomic E-state index is -0.267. The van der Waals surface area contributed by atoms with Gasteiger partial charge in [-0.25, -0.2) is 4.68 Å². The van der Waals surface area contributed by atoms with Crippen LogP contribution in [0, 0.1) is 6.92 Å². The summed E-state index contributed by atoms with van der Waals surface area (Å²) in [4.78, 5) is 17.1. The highest BCUT2D eigenvalue weighted by Gasteiger charge is 2.23. The molecule has 1 aromatic carbocycles. The quantitative estimate of drug-likeness (QED) is 0.731. The van der Waals surface area contributed by atoms with Crippen LogP contribution >= 0.6 is 0 Å². The molecule has 1 amide bonds. The maximum Gasteiger partial charge on any atom is 0.274 e. The largest absolute Gasteiger partial charge is 0.340 e. The number of aryl methyl sites for hydroxylation is 1. The van der Waals surface area contributed by atoms with Crippen molar-refractivity contribution in [2.75, 3.05) is 0 Å². The van der Waals surface area contributed by atoms with Crippen LogP contribution in [-0.4, -0.2) is 25.9 Å². The van der Waals surface area contributed by atoms with Crippen molar-refractivity contribution in [1.82, 2.24) is 25.3 Å². The van der Waals surface area contributed by atoms with Gasteiger partial charge in [-0.1, -0.05) is 48.7 Å². The molecule has 0 radical (unpaired) electrons. The smallest absolute Gasteiger partial charge is 0.274 e. The Hall–Kier alpha value is -3.02. The number of benzene rings is 1. The van der Waals surface area contributed by atoms with Crippen molar-refractivity contribution in [3.05, 3.63) is 77.4 Å². The van der Waals surface area contributed by atoms with Crippen LogP contribution in [0.1, 0.15) is 71.4 Å². The molecule has 1 N–H and O–H groups in total. The van der Waals surface area contributed by atoms with Crippen LogP contribution < -0.4 is 5.32 Å². The van der Waals surface area contributed by atoms with Crippen LogP contribution in [0.25, 0.3) is 0 Å². The van der Waals surface area contributed by atoms with Gasteiger partial charge in [-0.3, -0.25) is 9.78 Å². The Morgan fingerprint density at radius 1 is 1.11 bits per heavy atom. The minimum Gasteiger partial charge on any atom is -0.340 e. The molecule has 1 aliphatic rings. The number of amides is 1. The van der Waals surface area contributed by atoms with Gasteiger partial charge in [0, 0.05) is 12.4 Å². The Morgan fingerprint density at radius 2 is 1.86 bits per heavy atom. The SMILES string of the molecule is Cc1ccccc1C(NC(=O)c1cn(C2CCCCC2)nn1)c1ccncc1. The molecule has 1 fully saturated rings. The van der Waals surface area contributed by atoms with E-state index in [2.05, 4.69) is 33.6 Å². The molecule has 1 atom stereocenters. The molecule has 28 heavy (non-hydrogen) atoms. The number of hydrogen-bond donors (Lipinski definition) is 1. The van der Waals surface area contributed by atoms with Crippen molar-refractivity contribution in [3.63, 3.8) is 0 Å². The third kappa shape index (κ3) is 3.96. The summed E-state index contributed by atoms with van der Waals surface area (Å²) in [5.41, 5.74) is 3.52. The van der Waals surface area contributed by atoms with Gasteiger partial charge in [-0.05, 0) is 48.6 Å². The molecule has 2 aromatic heterocycles. The lowest BCUT2D eigenvalue weighted by Gasteiger charge is -2.21. The Kier molecular flexibility index (Phi) is 5.46. The lowest BCUT2D eigenvalue weighted by molar-refractivity contribution is 0.0937. The zero-order chi connectivity index (χ0) is 19.3. The Balaban J connectivity index is 1.58. The topological polar surface area (TPSA) is 72.7 Å². The highest BCUT2D eigenvalue weighted by Crippen LogP contribution is 2.28. The summed E-state index contributed by atoms with van der Waals surface area (Å²) in [6.45, 7) is 2.05. The summed E-state index contributed by atoms with van der Waals surface area (Å²) in [7, 11) is 0. The van der Waals surface area contributed by atoms with Crippen LogP contribution in [-0.2, 0) is 0 Å². The monoisotopic (exact) mass is 375 g/mol. The average Bonchev–Trinajstić information content (AvgIpc) is 3.24. The molecule has 6 heteroatoms. The van der Waals surface area contributed by atoms with Crippen molar-refractivity contribution in [3.8, 4) is 0 Å². The van der Waals surface area contributed by atoms with Gasteiger partial charge in [0.1, 0.15) is 0 Å². The summed E-state index contributed by atoms with van der Waals surface area (Å²) in [6, 6.07) is 12.0. The molecule has 1 saturated carbocycles. The predicted octanol–water partition coefficient (Wildman–Crippen LogP) is 4.01. The van der Waals surface area contributed by atoms with Crippen LogP contribution in [0.4, 0.5) is 0 Å². The van der Waals surface area contributed by atoms with Crippen molar-refractivity contribution < 1.29 is 4.79 Å². The van der Waals surface area contributed by atoms with E-state index in [1.165, 1.54) is 19.3 Å². The summed E-state index contributed by atoms with van der Waals surface area (Å²) in [5.74, 6) is -0.216. The van der Waals surface area contributed by atoms with Crippen molar-refractivity contribution in [2.45, 2.75) is 51.1 Å². The minimum absolute atomic E-state index is 0.216. The molecule has 1 aliphatic carbocycles. The Labute approximate surface area is 165 Å². The predicted molar refractivity (Wildman–Crippen MR) is 107 cm³/mol. The Bertz CT molecular complexity index is 931. The maximum absolute atomic E-state index is 13.0. The first-order valence-electron chi connectivity index (χ1n) is 9.90. The molecular formula is C22H25N5O. The van der Waals surface area contributed by atoms with Crippen LogP contribution in [0.5, 0.6) is 0 Å². The third-order valence-corrected chi connectivity index (χ3v) is 5.51. The van der Waals surface area contributed by atoms with Gasteiger partial charge in [-0.15, -0.1) is 5.10 Å². The molecular weight excluding hydrogens is 350 g/mol. The second-order valence-corrected chi connectivity index (χ2v) is 7.42. The molecule has 0 aliphatic heterocycles. The van der Waals surface area contributed by atoms with Crippen LogP contribution in [0.2, 0.25) is 0 Å². The third-order valence-electron chi connectivity index (χ3n) is 5.51.